The van der Waals surface area contributed by atoms with E-state index in [1.54, 1.807) is 18.2 Å². The number of carbonyl (C=O) groups is 3. The van der Waals surface area contributed by atoms with Crippen LogP contribution in [-0.2, 0) is 33.9 Å². The Morgan fingerprint density at radius 2 is 2.00 bits per heavy atom. The number of benzene rings is 1. The number of hydrogen-bond donors (Lipinski definition) is 7. The van der Waals surface area contributed by atoms with Crippen LogP contribution in [0.15, 0.2) is 40.9 Å². The van der Waals surface area contributed by atoms with Crippen molar-refractivity contribution in [1.29, 1.82) is 0 Å². The van der Waals surface area contributed by atoms with Crippen LogP contribution in [0.5, 0.6) is 5.75 Å². The molecule has 0 spiro atoms. The number of rotatable bonds is 18. The van der Waals surface area contributed by atoms with Gasteiger partial charge < -0.3 is 41.7 Å². The number of carbonyl (C=O) groups excluding carboxylic acids is 2. The van der Waals surface area contributed by atoms with E-state index >= 15 is 0 Å². The molecule has 8 N–H and O–H groups in total. The third kappa shape index (κ3) is 9.11. The Kier molecular flexibility index (Phi) is 11.3. The quantitative estimate of drug-likeness (QED) is 0.0297. The van der Waals surface area contributed by atoms with Gasteiger partial charge in [-0.1, -0.05) is 5.16 Å². The number of nitrogens with zero attached hydrogens (tertiary/aromatic N) is 4. The number of anilines is 2. The molecule has 50 heavy (non-hydrogen) atoms. The van der Waals surface area contributed by atoms with Gasteiger partial charge in [-0.3, -0.25) is 14.1 Å². The SMILES string of the molecule is CC1(C)[C@H](NC(=O)/C(=N\O[C@@H](COc2ccc3nc(NCCCNCC4CNC4)ccc3c2)C(=O)O)c2csc(N)n2)C(=O)N1OS(=O)(=O)O. The molecule has 5 rings (SSSR count). The predicted octanol–water partition coefficient (Wildman–Crippen LogP) is -0.0226. The summed E-state index contributed by atoms with van der Waals surface area (Å²) in [7, 11) is -5.02. The van der Waals surface area contributed by atoms with Gasteiger partial charge in [0.15, 0.2) is 10.8 Å². The van der Waals surface area contributed by atoms with E-state index in [1.165, 1.54) is 19.2 Å². The van der Waals surface area contributed by atoms with Crippen LogP contribution in [0, 0.1) is 5.92 Å². The molecule has 19 nitrogen and oxygen atoms in total. The van der Waals surface area contributed by atoms with Gasteiger partial charge in [0.25, 0.3) is 17.9 Å². The number of β-lactam (4-membered cyclic amide) rings is 1. The van der Waals surface area contributed by atoms with Crippen molar-refractivity contribution in [1.82, 2.24) is 31.0 Å². The minimum absolute atomic E-state index is 0.0602. The molecule has 2 fully saturated rings. The first-order valence-electron chi connectivity index (χ1n) is 15.4. The summed E-state index contributed by atoms with van der Waals surface area (Å²) in [6.45, 7) is 7.05. The first-order valence-corrected chi connectivity index (χ1v) is 17.6. The molecule has 2 aliphatic heterocycles. The average Bonchev–Trinajstić information content (AvgIpc) is 3.47. The van der Waals surface area contributed by atoms with Crippen LogP contribution in [0.1, 0.15) is 26.0 Å². The van der Waals surface area contributed by atoms with Gasteiger partial charge in [0, 0.05) is 36.9 Å². The molecule has 2 saturated heterocycles. The molecule has 0 bridgehead atoms. The molecular formula is C29H37N9O10S2. The van der Waals surface area contributed by atoms with E-state index in [0.29, 0.717) is 22.2 Å². The number of oxime groups is 1. The number of hydrogen-bond acceptors (Lipinski definition) is 16. The van der Waals surface area contributed by atoms with Gasteiger partial charge in [0.1, 0.15) is 29.9 Å². The first kappa shape index (κ1) is 36.6. The van der Waals surface area contributed by atoms with E-state index in [-0.39, 0.29) is 10.8 Å². The second-order valence-corrected chi connectivity index (χ2v) is 13.9. The highest BCUT2D eigenvalue weighted by Gasteiger charge is 2.58. The second-order valence-electron chi connectivity index (χ2n) is 12.0. The van der Waals surface area contributed by atoms with Crippen molar-refractivity contribution in [2.45, 2.75) is 38.0 Å². The summed E-state index contributed by atoms with van der Waals surface area (Å²) >= 11 is 0.962. The van der Waals surface area contributed by atoms with Gasteiger partial charge in [-0.2, -0.15) is 13.5 Å². The fourth-order valence-electron chi connectivity index (χ4n) is 4.98. The topological polar surface area (TPSA) is 269 Å². The van der Waals surface area contributed by atoms with Crippen molar-refractivity contribution in [2.75, 3.05) is 50.4 Å². The molecular weight excluding hydrogens is 699 g/mol. The van der Waals surface area contributed by atoms with Crippen LogP contribution >= 0.6 is 11.3 Å². The number of nitrogen functional groups attached to an aromatic ring is 1. The maximum atomic E-state index is 13.3. The highest BCUT2D eigenvalue weighted by molar-refractivity contribution is 7.80. The van der Waals surface area contributed by atoms with Crippen molar-refractivity contribution in [3.8, 4) is 5.75 Å². The molecule has 3 aromatic rings. The lowest BCUT2D eigenvalue weighted by Gasteiger charge is -2.50. The van der Waals surface area contributed by atoms with Crippen LogP contribution in [0.2, 0.25) is 0 Å². The van der Waals surface area contributed by atoms with Crippen molar-refractivity contribution in [3.05, 3.63) is 41.4 Å². The maximum Gasteiger partial charge on any atom is 0.418 e. The average molecular weight is 736 g/mol. The minimum atomic E-state index is -5.02. The molecule has 21 heteroatoms. The largest absolute Gasteiger partial charge is 0.489 e. The van der Waals surface area contributed by atoms with Gasteiger partial charge >= 0.3 is 16.4 Å². The maximum absolute atomic E-state index is 13.3. The Bertz CT molecular complexity index is 1870. The fourth-order valence-corrected chi connectivity index (χ4v) is 5.98. The van der Waals surface area contributed by atoms with Crippen LogP contribution in [0.4, 0.5) is 10.9 Å². The molecule has 2 amide bonds. The number of nitrogens with one attached hydrogen (secondary N) is 4. The van der Waals surface area contributed by atoms with E-state index < -0.39 is 58.2 Å². The Balaban J connectivity index is 1.18. The van der Waals surface area contributed by atoms with Gasteiger partial charge in [-0.05, 0) is 63.1 Å². The molecule has 0 saturated carbocycles. The number of nitrogens with two attached hydrogens (primary N) is 1. The second kappa shape index (κ2) is 15.5. The highest BCUT2D eigenvalue weighted by atomic mass is 32.3. The molecule has 0 unspecified atom stereocenters. The minimum Gasteiger partial charge on any atom is -0.489 e. The summed E-state index contributed by atoms with van der Waals surface area (Å²) in [6.07, 6.45) is -0.741. The number of aliphatic carboxylic acids is 1. The van der Waals surface area contributed by atoms with Gasteiger partial charge in [-0.25, -0.2) is 14.8 Å². The van der Waals surface area contributed by atoms with E-state index in [9.17, 15) is 27.9 Å². The number of fused-ring (bicyclic) bond motifs is 1. The number of aromatic nitrogens is 2. The first-order chi connectivity index (χ1) is 23.7. The van der Waals surface area contributed by atoms with Crippen molar-refractivity contribution in [3.63, 3.8) is 0 Å². The van der Waals surface area contributed by atoms with E-state index in [4.69, 9.17) is 19.9 Å². The molecule has 0 aliphatic carbocycles. The summed E-state index contributed by atoms with van der Waals surface area (Å²) in [5.74, 6) is -1.69. The molecule has 4 heterocycles. The molecule has 0 radical (unpaired) electrons. The lowest BCUT2D eigenvalue weighted by atomic mass is 9.84. The molecule has 2 aromatic heterocycles. The van der Waals surface area contributed by atoms with Gasteiger partial charge in [0.05, 0.1) is 11.1 Å². The number of amides is 2. The Hall–Kier alpha value is -4.67. The van der Waals surface area contributed by atoms with E-state index in [1.807, 2.05) is 12.1 Å². The lowest BCUT2D eigenvalue weighted by Crippen LogP contribution is -2.76. The standard InChI is InChI=1S/C29H37N9O10S2/c1-29(2)24(26(40)38(29)48-50(43,44)45)36-25(39)23(20-15-49-28(30)35-20)37-47-21(27(41)42)14-46-18-5-6-19-17(10-18)4-7-22(34-19)33-9-3-8-31-11-16-12-32-13-16/h4-7,10,15-16,21,24,31-32H,3,8-9,11-14H2,1-2H3,(H2,30,35)(H,33,34)(H,36,39)(H,41,42)(H,43,44,45)/b37-23-/t21-,24+/m0/s1. The summed E-state index contributed by atoms with van der Waals surface area (Å²) in [5.41, 5.74) is 4.38. The number of thiazole rings is 1. The number of pyridine rings is 1. The highest BCUT2D eigenvalue weighted by Crippen LogP contribution is 2.33. The molecule has 2 aliphatic rings. The van der Waals surface area contributed by atoms with Crippen LogP contribution in [0.25, 0.3) is 10.9 Å². The zero-order valence-electron chi connectivity index (χ0n) is 27.0. The zero-order chi connectivity index (χ0) is 36.1. The number of hydroxylamine groups is 2. The van der Waals surface area contributed by atoms with Crippen LogP contribution in [-0.4, -0.2) is 114 Å². The Labute approximate surface area is 290 Å². The summed E-state index contributed by atoms with van der Waals surface area (Å²) in [6, 6.07) is 7.43. The van der Waals surface area contributed by atoms with Crippen molar-refractivity contribution >= 4 is 67.1 Å². The normalized spacial score (nSPS) is 18.2. The number of ether oxygens (including phenoxy) is 1. The number of carboxylic acid groups (broad SMARTS) is 1. The monoisotopic (exact) mass is 735 g/mol. The number of carboxylic acids is 1. The van der Waals surface area contributed by atoms with Crippen LogP contribution < -0.4 is 31.7 Å². The third-order valence-corrected chi connectivity index (χ3v) is 8.86. The molecule has 1 aromatic carbocycles. The Morgan fingerprint density at radius 3 is 2.64 bits per heavy atom. The third-order valence-electron chi connectivity index (χ3n) is 7.84. The molecule has 2 atom stereocenters. The lowest BCUT2D eigenvalue weighted by molar-refractivity contribution is -0.218. The van der Waals surface area contributed by atoms with Crippen molar-refractivity contribution < 1.29 is 46.3 Å². The smallest absolute Gasteiger partial charge is 0.418 e. The Morgan fingerprint density at radius 1 is 1.22 bits per heavy atom. The predicted molar refractivity (Wildman–Crippen MR) is 181 cm³/mol. The van der Waals surface area contributed by atoms with Gasteiger partial charge in [-0.15, -0.1) is 15.6 Å². The van der Waals surface area contributed by atoms with E-state index in [0.717, 1.165) is 61.7 Å². The molecule has 270 valence electrons. The van der Waals surface area contributed by atoms with Crippen molar-refractivity contribution in [2.24, 2.45) is 11.1 Å². The van der Waals surface area contributed by atoms with Gasteiger partial charge in [0.2, 0.25) is 0 Å². The zero-order valence-corrected chi connectivity index (χ0v) is 28.6. The summed E-state index contributed by atoms with van der Waals surface area (Å²) < 4.78 is 41.2. The fraction of sp³-hybridized carbons (Fsp3) is 0.448. The summed E-state index contributed by atoms with van der Waals surface area (Å²) in [4.78, 5) is 51.6. The van der Waals surface area contributed by atoms with Crippen LogP contribution in [0.3, 0.4) is 0 Å². The summed E-state index contributed by atoms with van der Waals surface area (Å²) in [5, 5.41) is 28.5. The van der Waals surface area contributed by atoms with E-state index in [2.05, 4.69) is 40.7 Å².